The van der Waals surface area contributed by atoms with Crippen molar-refractivity contribution in [3.8, 4) is 0 Å². The van der Waals surface area contributed by atoms with Crippen LogP contribution in [0.2, 0.25) is 0 Å². The molecule has 2 N–H and O–H groups in total. The molecule has 0 amide bonds. The van der Waals surface area contributed by atoms with Gasteiger partial charge in [0.25, 0.3) is 0 Å². The number of thiocarbonyl (C=S) groups is 1. The van der Waals surface area contributed by atoms with Gasteiger partial charge in [-0.25, -0.2) is 0 Å². The molecule has 104 valence electrons. The molecule has 2 rings (SSSR count). The molecule has 0 aliphatic carbocycles. The van der Waals surface area contributed by atoms with Crippen molar-refractivity contribution in [1.82, 2.24) is 5.32 Å². The summed E-state index contributed by atoms with van der Waals surface area (Å²) < 4.78 is 0. The molecule has 2 aromatic carbocycles. The van der Waals surface area contributed by atoms with Crippen LogP contribution in [0.15, 0.2) is 48.5 Å². The predicted molar refractivity (Wildman–Crippen MR) is 90.1 cm³/mol. The number of aryl methyl sites for hydroxylation is 2. The minimum absolute atomic E-state index is 0.181. The lowest BCUT2D eigenvalue weighted by atomic mass is 10.0. The summed E-state index contributed by atoms with van der Waals surface area (Å²) in [5.74, 6) is 0. The number of hydrogen-bond donors (Lipinski definition) is 2. The Balaban J connectivity index is 2.00. The van der Waals surface area contributed by atoms with Crippen molar-refractivity contribution in [3.05, 3.63) is 65.2 Å². The number of benzene rings is 2. The minimum atomic E-state index is 0.181. The van der Waals surface area contributed by atoms with E-state index in [2.05, 4.69) is 67.8 Å². The van der Waals surface area contributed by atoms with Gasteiger partial charge in [-0.2, -0.15) is 0 Å². The van der Waals surface area contributed by atoms with E-state index in [4.69, 9.17) is 12.2 Å². The first-order valence-corrected chi connectivity index (χ1v) is 7.17. The molecule has 0 aliphatic heterocycles. The Labute approximate surface area is 126 Å². The van der Waals surface area contributed by atoms with Gasteiger partial charge in [0.2, 0.25) is 0 Å². The first-order chi connectivity index (χ1) is 9.56. The zero-order valence-electron chi connectivity index (χ0n) is 12.1. The smallest absolute Gasteiger partial charge is 0.171 e. The van der Waals surface area contributed by atoms with Gasteiger partial charge in [-0.1, -0.05) is 36.4 Å². The van der Waals surface area contributed by atoms with Crippen LogP contribution in [0.25, 0.3) is 0 Å². The number of rotatable bonds is 3. The Hall–Kier alpha value is -1.87. The number of anilines is 1. The van der Waals surface area contributed by atoms with Gasteiger partial charge >= 0.3 is 0 Å². The van der Waals surface area contributed by atoms with Crippen LogP contribution in [-0.2, 0) is 0 Å². The molecule has 0 bridgehead atoms. The van der Waals surface area contributed by atoms with Gasteiger partial charge in [-0.3, -0.25) is 0 Å². The molecule has 0 spiro atoms. The molecule has 0 unspecified atom stereocenters. The molecule has 1 atom stereocenters. The maximum absolute atomic E-state index is 5.38. The summed E-state index contributed by atoms with van der Waals surface area (Å²) in [6.45, 7) is 6.30. The molecule has 0 aliphatic rings. The van der Waals surface area contributed by atoms with Gasteiger partial charge in [-0.15, -0.1) is 0 Å². The Bertz CT molecular complexity index is 607. The summed E-state index contributed by atoms with van der Waals surface area (Å²) in [6.07, 6.45) is 0. The number of nitrogens with one attached hydrogen (secondary N) is 2. The standard InChI is InChI=1S/C17H20N2S/c1-12-7-6-9-15(11-12)19-17(20)18-14(3)16-10-5-4-8-13(16)2/h4-11,14H,1-3H3,(H2,18,19,20)/t14-/m0/s1. The Morgan fingerprint density at radius 2 is 1.80 bits per heavy atom. The van der Waals surface area contributed by atoms with Crippen molar-refractivity contribution in [2.45, 2.75) is 26.8 Å². The highest BCUT2D eigenvalue weighted by Gasteiger charge is 2.09. The molecule has 0 saturated heterocycles. The third-order valence-electron chi connectivity index (χ3n) is 3.28. The van der Waals surface area contributed by atoms with E-state index in [-0.39, 0.29) is 6.04 Å². The highest BCUT2D eigenvalue weighted by Crippen LogP contribution is 2.17. The third kappa shape index (κ3) is 3.81. The Kier molecular flexibility index (Phi) is 4.74. The van der Waals surface area contributed by atoms with Crippen molar-refractivity contribution in [1.29, 1.82) is 0 Å². The quantitative estimate of drug-likeness (QED) is 0.819. The van der Waals surface area contributed by atoms with E-state index in [9.17, 15) is 0 Å². The molecule has 20 heavy (non-hydrogen) atoms. The number of hydrogen-bond acceptors (Lipinski definition) is 1. The first kappa shape index (κ1) is 14.5. The second kappa shape index (κ2) is 6.53. The molecular formula is C17H20N2S. The average Bonchev–Trinajstić information content (AvgIpc) is 2.38. The van der Waals surface area contributed by atoms with Crippen molar-refractivity contribution in [3.63, 3.8) is 0 Å². The van der Waals surface area contributed by atoms with Crippen LogP contribution < -0.4 is 10.6 Å². The fourth-order valence-electron chi connectivity index (χ4n) is 2.24. The van der Waals surface area contributed by atoms with E-state index >= 15 is 0 Å². The third-order valence-corrected chi connectivity index (χ3v) is 3.50. The van der Waals surface area contributed by atoms with Gasteiger partial charge in [0.1, 0.15) is 0 Å². The van der Waals surface area contributed by atoms with E-state index in [1.54, 1.807) is 0 Å². The zero-order valence-corrected chi connectivity index (χ0v) is 12.9. The normalized spacial score (nSPS) is 11.8. The lowest BCUT2D eigenvalue weighted by Gasteiger charge is -2.19. The van der Waals surface area contributed by atoms with Gasteiger partial charge in [0, 0.05) is 5.69 Å². The zero-order chi connectivity index (χ0) is 14.5. The fraction of sp³-hybridized carbons (Fsp3) is 0.235. The summed E-state index contributed by atoms with van der Waals surface area (Å²) in [5, 5.41) is 7.19. The van der Waals surface area contributed by atoms with Crippen molar-refractivity contribution < 1.29 is 0 Å². The van der Waals surface area contributed by atoms with Gasteiger partial charge in [0.15, 0.2) is 5.11 Å². The summed E-state index contributed by atoms with van der Waals surface area (Å²) in [4.78, 5) is 0. The van der Waals surface area contributed by atoms with Gasteiger partial charge in [-0.05, 0) is 61.8 Å². The Morgan fingerprint density at radius 3 is 2.50 bits per heavy atom. The van der Waals surface area contributed by atoms with Crippen LogP contribution in [0, 0.1) is 13.8 Å². The van der Waals surface area contributed by atoms with Crippen molar-refractivity contribution >= 4 is 23.0 Å². The molecule has 0 heterocycles. The molecule has 0 fully saturated rings. The van der Waals surface area contributed by atoms with Gasteiger partial charge < -0.3 is 10.6 Å². The lowest BCUT2D eigenvalue weighted by molar-refractivity contribution is 0.717. The summed E-state index contributed by atoms with van der Waals surface area (Å²) in [6, 6.07) is 16.7. The molecule has 2 nitrogen and oxygen atoms in total. The van der Waals surface area contributed by atoms with Crippen molar-refractivity contribution in [2.75, 3.05) is 5.32 Å². The van der Waals surface area contributed by atoms with Crippen LogP contribution in [0.1, 0.15) is 29.7 Å². The van der Waals surface area contributed by atoms with Crippen molar-refractivity contribution in [2.24, 2.45) is 0 Å². The minimum Gasteiger partial charge on any atom is -0.356 e. The second-order valence-electron chi connectivity index (χ2n) is 5.05. The van der Waals surface area contributed by atoms with Crippen LogP contribution >= 0.6 is 12.2 Å². The highest BCUT2D eigenvalue weighted by molar-refractivity contribution is 7.80. The van der Waals surface area contributed by atoms with E-state index in [1.165, 1.54) is 16.7 Å². The van der Waals surface area contributed by atoms with E-state index in [0.29, 0.717) is 5.11 Å². The lowest BCUT2D eigenvalue weighted by Crippen LogP contribution is -2.31. The van der Waals surface area contributed by atoms with E-state index in [0.717, 1.165) is 5.69 Å². The maximum atomic E-state index is 5.38. The fourth-order valence-corrected chi connectivity index (χ4v) is 2.53. The summed E-state index contributed by atoms with van der Waals surface area (Å²) in [5.41, 5.74) is 4.76. The SMILES string of the molecule is Cc1cccc(NC(=S)N[C@@H](C)c2ccccc2C)c1. The molecule has 0 saturated carbocycles. The molecule has 2 aromatic rings. The summed E-state index contributed by atoms with van der Waals surface area (Å²) >= 11 is 5.38. The predicted octanol–water partition coefficient (Wildman–Crippen LogP) is 4.35. The van der Waals surface area contributed by atoms with Crippen LogP contribution in [0.3, 0.4) is 0 Å². The Morgan fingerprint density at radius 1 is 1.05 bits per heavy atom. The monoisotopic (exact) mass is 284 g/mol. The van der Waals surface area contributed by atoms with Gasteiger partial charge in [0.05, 0.1) is 6.04 Å². The highest BCUT2D eigenvalue weighted by atomic mass is 32.1. The first-order valence-electron chi connectivity index (χ1n) is 6.76. The van der Waals surface area contributed by atoms with E-state index < -0.39 is 0 Å². The molecule has 0 radical (unpaired) electrons. The molecular weight excluding hydrogens is 264 g/mol. The second-order valence-corrected chi connectivity index (χ2v) is 5.45. The molecule has 0 aromatic heterocycles. The maximum Gasteiger partial charge on any atom is 0.171 e. The van der Waals surface area contributed by atoms with Crippen LogP contribution in [0.4, 0.5) is 5.69 Å². The van der Waals surface area contributed by atoms with E-state index in [1.807, 2.05) is 12.1 Å². The largest absolute Gasteiger partial charge is 0.356 e. The average molecular weight is 284 g/mol. The topological polar surface area (TPSA) is 24.1 Å². The van der Waals surface area contributed by atoms with Crippen LogP contribution in [-0.4, -0.2) is 5.11 Å². The van der Waals surface area contributed by atoms with Crippen LogP contribution in [0.5, 0.6) is 0 Å². The molecule has 3 heteroatoms. The summed E-state index contributed by atoms with van der Waals surface area (Å²) in [7, 11) is 0.